The van der Waals surface area contributed by atoms with Gasteiger partial charge in [-0.15, -0.1) is 0 Å². The van der Waals surface area contributed by atoms with Crippen LogP contribution >= 0.6 is 0 Å². The molecule has 0 aromatic carbocycles. The molecule has 0 N–H and O–H groups in total. The molecule has 4 rings (SSSR count). The van der Waals surface area contributed by atoms with E-state index in [9.17, 15) is 0 Å². The maximum Gasteiger partial charge on any atom is 0.126 e. The van der Waals surface area contributed by atoms with Gasteiger partial charge in [-0.05, 0) is 45.1 Å². The number of aromatic nitrogens is 4. The lowest BCUT2D eigenvalue weighted by atomic mass is 10.0. The van der Waals surface area contributed by atoms with Crippen molar-refractivity contribution < 1.29 is 0 Å². The molecule has 0 spiro atoms. The standard InChI is InChI=1S/C17H25N5/c1-20-11-13(10-18-20)12-22-9-5-8-16(22)17-19-14-6-3-4-7-15(14)21(17)2/h10-11,16H,3-9,12H2,1-2H3/t16-/m1/s1. The van der Waals surface area contributed by atoms with Crippen LogP contribution in [0, 0.1) is 0 Å². The third kappa shape index (κ3) is 2.37. The van der Waals surface area contributed by atoms with Crippen LogP contribution in [0.1, 0.15) is 54.5 Å². The molecule has 0 unspecified atom stereocenters. The van der Waals surface area contributed by atoms with Gasteiger partial charge in [0.05, 0.1) is 17.9 Å². The van der Waals surface area contributed by atoms with Gasteiger partial charge in [-0.1, -0.05) is 0 Å². The van der Waals surface area contributed by atoms with E-state index in [-0.39, 0.29) is 0 Å². The zero-order valence-electron chi connectivity index (χ0n) is 13.6. The molecular formula is C17H25N5. The van der Waals surface area contributed by atoms with Crippen LogP contribution in [0.25, 0.3) is 0 Å². The normalized spacial score (nSPS) is 22.2. The van der Waals surface area contributed by atoms with Crippen molar-refractivity contribution in [1.29, 1.82) is 0 Å². The van der Waals surface area contributed by atoms with Crippen molar-refractivity contribution in [3.8, 4) is 0 Å². The Kier molecular flexibility index (Phi) is 3.53. The van der Waals surface area contributed by atoms with Crippen LogP contribution < -0.4 is 0 Å². The highest BCUT2D eigenvalue weighted by Gasteiger charge is 2.31. The molecule has 1 aliphatic heterocycles. The third-order valence-corrected chi connectivity index (χ3v) is 5.21. The van der Waals surface area contributed by atoms with Crippen LogP contribution in [0.3, 0.4) is 0 Å². The van der Waals surface area contributed by atoms with Crippen molar-refractivity contribution in [2.45, 2.75) is 51.1 Å². The van der Waals surface area contributed by atoms with Crippen LogP contribution in [-0.2, 0) is 33.5 Å². The van der Waals surface area contributed by atoms with E-state index in [1.54, 1.807) is 0 Å². The van der Waals surface area contributed by atoms with Crippen molar-refractivity contribution >= 4 is 0 Å². The van der Waals surface area contributed by atoms with Crippen molar-refractivity contribution in [2.75, 3.05) is 6.54 Å². The molecule has 0 saturated carbocycles. The lowest BCUT2D eigenvalue weighted by Crippen LogP contribution is -2.25. The lowest BCUT2D eigenvalue weighted by molar-refractivity contribution is 0.236. The number of imidazole rings is 1. The summed E-state index contributed by atoms with van der Waals surface area (Å²) in [5.74, 6) is 1.29. The zero-order chi connectivity index (χ0) is 15.1. The Morgan fingerprint density at radius 3 is 2.82 bits per heavy atom. The van der Waals surface area contributed by atoms with Crippen LogP contribution in [-0.4, -0.2) is 30.8 Å². The van der Waals surface area contributed by atoms with Gasteiger partial charge in [-0.25, -0.2) is 4.98 Å². The fraction of sp³-hybridized carbons (Fsp3) is 0.647. The molecule has 1 aliphatic carbocycles. The first-order valence-corrected chi connectivity index (χ1v) is 8.48. The molecule has 1 fully saturated rings. The van der Waals surface area contributed by atoms with E-state index in [1.165, 1.54) is 61.3 Å². The predicted molar refractivity (Wildman–Crippen MR) is 85.4 cm³/mol. The summed E-state index contributed by atoms with van der Waals surface area (Å²) in [7, 11) is 4.20. The van der Waals surface area contributed by atoms with E-state index in [2.05, 4.69) is 27.8 Å². The molecule has 0 radical (unpaired) electrons. The monoisotopic (exact) mass is 299 g/mol. The molecular weight excluding hydrogens is 274 g/mol. The topological polar surface area (TPSA) is 38.9 Å². The van der Waals surface area contributed by atoms with Gasteiger partial charge in [0, 0.05) is 38.1 Å². The quantitative estimate of drug-likeness (QED) is 0.873. The SMILES string of the molecule is Cn1cc(CN2CCC[C@@H]2c2nc3c(n2C)CCCC3)cn1. The molecule has 22 heavy (non-hydrogen) atoms. The Morgan fingerprint density at radius 2 is 2.05 bits per heavy atom. The summed E-state index contributed by atoms with van der Waals surface area (Å²) in [5, 5.41) is 4.30. The summed E-state index contributed by atoms with van der Waals surface area (Å²) in [5.41, 5.74) is 4.14. The Hall–Kier alpha value is -1.62. The van der Waals surface area contributed by atoms with Gasteiger partial charge in [0.25, 0.3) is 0 Å². The van der Waals surface area contributed by atoms with Crippen LogP contribution in [0.4, 0.5) is 0 Å². The highest BCUT2D eigenvalue weighted by atomic mass is 15.3. The summed E-state index contributed by atoms with van der Waals surface area (Å²) in [6.45, 7) is 2.15. The summed E-state index contributed by atoms with van der Waals surface area (Å²) in [6, 6.07) is 0.468. The number of rotatable bonds is 3. The van der Waals surface area contributed by atoms with Crippen molar-refractivity contribution in [3.05, 3.63) is 35.2 Å². The van der Waals surface area contributed by atoms with Crippen LogP contribution in [0.15, 0.2) is 12.4 Å². The predicted octanol–water partition coefficient (Wildman–Crippen LogP) is 2.37. The minimum absolute atomic E-state index is 0.468. The average molecular weight is 299 g/mol. The smallest absolute Gasteiger partial charge is 0.126 e. The third-order valence-electron chi connectivity index (χ3n) is 5.21. The number of aryl methyl sites for hydroxylation is 2. The molecule has 0 bridgehead atoms. The summed E-state index contributed by atoms with van der Waals surface area (Å²) < 4.78 is 4.28. The summed E-state index contributed by atoms with van der Waals surface area (Å²) >= 11 is 0. The van der Waals surface area contributed by atoms with Crippen molar-refractivity contribution in [1.82, 2.24) is 24.2 Å². The fourth-order valence-electron chi connectivity index (χ4n) is 4.10. The highest BCUT2D eigenvalue weighted by molar-refractivity contribution is 5.22. The Morgan fingerprint density at radius 1 is 1.18 bits per heavy atom. The van der Waals surface area contributed by atoms with E-state index in [0.29, 0.717) is 6.04 Å². The molecule has 0 amide bonds. The fourth-order valence-corrected chi connectivity index (χ4v) is 4.10. The molecule has 2 aromatic rings. The zero-order valence-corrected chi connectivity index (χ0v) is 13.6. The number of likely N-dealkylation sites (tertiary alicyclic amines) is 1. The van der Waals surface area contributed by atoms with Crippen molar-refractivity contribution in [2.24, 2.45) is 14.1 Å². The van der Waals surface area contributed by atoms with Gasteiger partial charge >= 0.3 is 0 Å². The minimum atomic E-state index is 0.468. The maximum absolute atomic E-state index is 5.03. The number of nitrogens with zero attached hydrogens (tertiary/aromatic N) is 5. The van der Waals surface area contributed by atoms with Gasteiger partial charge in [-0.2, -0.15) is 5.10 Å². The van der Waals surface area contributed by atoms with E-state index < -0.39 is 0 Å². The minimum Gasteiger partial charge on any atom is -0.334 e. The second-order valence-corrected chi connectivity index (χ2v) is 6.78. The Labute approximate surface area is 131 Å². The molecule has 118 valence electrons. The van der Waals surface area contributed by atoms with Crippen molar-refractivity contribution in [3.63, 3.8) is 0 Å². The molecule has 2 aliphatic rings. The van der Waals surface area contributed by atoms with Crippen LogP contribution in [0.5, 0.6) is 0 Å². The average Bonchev–Trinajstić information content (AvgIpc) is 3.21. The van der Waals surface area contributed by atoms with Gasteiger partial charge < -0.3 is 4.57 Å². The molecule has 1 atom stereocenters. The Balaban J connectivity index is 1.59. The Bertz CT molecular complexity index is 669. The summed E-state index contributed by atoms with van der Waals surface area (Å²) in [6.07, 6.45) is 11.6. The first-order chi connectivity index (χ1) is 10.7. The summed E-state index contributed by atoms with van der Waals surface area (Å²) in [4.78, 5) is 7.60. The lowest BCUT2D eigenvalue weighted by Gasteiger charge is -2.23. The molecule has 5 nitrogen and oxygen atoms in total. The van der Waals surface area contributed by atoms with E-state index in [1.807, 2.05) is 17.9 Å². The van der Waals surface area contributed by atoms with Gasteiger partial charge in [0.1, 0.15) is 5.82 Å². The highest BCUT2D eigenvalue weighted by Crippen LogP contribution is 2.34. The molecule has 5 heteroatoms. The second-order valence-electron chi connectivity index (χ2n) is 6.78. The number of hydrogen-bond acceptors (Lipinski definition) is 3. The van der Waals surface area contributed by atoms with Gasteiger partial charge in [-0.3, -0.25) is 9.58 Å². The molecule has 3 heterocycles. The number of fused-ring (bicyclic) bond motifs is 1. The number of hydrogen-bond donors (Lipinski definition) is 0. The first kappa shape index (κ1) is 14.0. The second kappa shape index (κ2) is 5.54. The first-order valence-electron chi connectivity index (χ1n) is 8.48. The maximum atomic E-state index is 5.03. The van der Waals surface area contributed by atoms with E-state index in [4.69, 9.17) is 4.98 Å². The van der Waals surface area contributed by atoms with E-state index in [0.717, 1.165) is 13.1 Å². The van der Waals surface area contributed by atoms with Gasteiger partial charge in [0.15, 0.2) is 0 Å². The largest absolute Gasteiger partial charge is 0.334 e. The van der Waals surface area contributed by atoms with Gasteiger partial charge in [0.2, 0.25) is 0 Å². The molecule has 2 aromatic heterocycles. The van der Waals surface area contributed by atoms with E-state index >= 15 is 0 Å². The van der Waals surface area contributed by atoms with Crippen LogP contribution in [0.2, 0.25) is 0 Å². The molecule has 1 saturated heterocycles.